The van der Waals surface area contributed by atoms with Crippen LogP contribution in [0.25, 0.3) is 0 Å². The Kier molecular flexibility index (Phi) is 6.15. The van der Waals surface area contributed by atoms with Gasteiger partial charge in [0.05, 0.1) is 17.8 Å². The maximum Gasteiger partial charge on any atom is 0.178 e. The molecule has 0 aliphatic carbocycles. The molecule has 0 saturated heterocycles. The highest BCUT2D eigenvalue weighted by molar-refractivity contribution is 7.91. The summed E-state index contributed by atoms with van der Waals surface area (Å²) in [6, 6.07) is 6.52. The molecule has 0 amide bonds. The molecule has 0 aliphatic heterocycles. The summed E-state index contributed by atoms with van der Waals surface area (Å²) in [5.41, 5.74) is 0. The third-order valence-electron chi connectivity index (χ3n) is 2.61. The van der Waals surface area contributed by atoms with Crippen LogP contribution in [0.4, 0.5) is 0 Å². The van der Waals surface area contributed by atoms with Crippen LogP contribution in [0, 0.1) is 0 Å². The van der Waals surface area contributed by atoms with Gasteiger partial charge in [-0.1, -0.05) is 6.92 Å². The number of hydrogen-bond donors (Lipinski definition) is 1. The molecule has 0 bridgehead atoms. The predicted octanol–water partition coefficient (Wildman–Crippen LogP) is 1.86. The fraction of sp³-hybridized carbons (Fsp3) is 0.538. The van der Waals surface area contributed by atoms with E-state index >= 15 is 0 Å². The molecule has 0 heterocycles. The topological polar surface area (TPSA) is 55.4 Å². The van der Waals surface area contributed by atoms with Gasteiger partial charge in [-0.25, -0.2) is 8.42 Å². The molecule has 0 radical (unpaired) electrons. The van der Waals surface area contributed by atoms with Crippen molar-refractivity contribution in [3.05, 3.63) is 24.3 Å². The van der Waals surface area contributed by atoms with Crippen molar-refractivity contribution in [3.63, 3.8) is 0 Å². The van der Waals surface area contributed by atoms with Crippen molar-refractivity contribution in [1.29, 1.82) is 0 Å². The molecule has 0 fully saturated rings. The molecule has 1 rings (SSSR count). The summed E-state index contributed by atoms with van der Waals surface area (Å²) in [5, 5.41) is 3.19. The first kappa shape index (κ1) is 15.0. The van der Waals surface area contributed by atoms with E-state index in [0.29, 0.717) is 17.1 Å². The van der Waals surface area contributed by atoms with Crippen molar-refractivity contribution >= 4 is 9.84 Å². The standard InChI is InChI=1S/C13H21NO3S/c1-3-9-14-10-4-11-18(15,16)13-7-5-12(17-2)6-8-13/h5-8,14H,3-4,9-11H2,1-2H3. The molecule has 0 saturated carbocycles. The first-order chi connectivity index (χ1) is 8.60. The molecule has 1 aromatic carbocycles. The number of methoxy groups -OCH3 is 1. The van der Waals surface area contributed by atoms with E-state index in [9.17, 15) is 8.42 Å². The minimum absolute atomic E-state index is 0.177. The van der Waals surface area contributed by atoms with Gasteiger partial charge < -0.3 is 10.1 Å². The molecule has 18 heavy (non-hydrogen) atoms. The van der Waals surface area contributed by atoms with E-state index in [-0.39, 0.29) is 5.75 Å². The molecule has 0 aromatic heterocycles. The van der Waals surface area contributed by atoms with Crippen LogP contribution in [0.5, 0.6) is 5.75 Å². The van der Waals surface area contributed by atoms with Crippen molar-refractivity contribution in [2.75, 3.05) is 26.0 Å². The second-order valence-corrected chi connectivity index (χ2v) is 6.21. The van der Waals surface area contributed by atoms with Crippen LogP contribution >= 0.6 is 0 Å². The second-order valence-electron chi connectivity index (χ2n) is 4.10. The van der Waals surface area contributed by atoms with Gasteiger partial charge in [-0.2, -0.15) is 0 Å². The number of rotatable bonds is 8. The summed E-state index contributed by atoms with van der Waals surface area (Å²) in [5.74, 6) is 0.842. The second kappa shape index (κ2) is 7.38. The van der Waals surface area contributed by atoms with Gasteiger partial charge in [-0.05, 0) is 50.2 Å². The minimum atomic E-state index is -3.17. The highest BCUT2D eigenvalue weighted by Crippen LogP contribution is 2.17. The van der Waals surface area contributed by atoms with Crippen LogP contribution in [0.3, 0.4) is 0 Å². The maximum atomic E-state index is 12.0. The lowest BCUT2D eigenvalue weighted by molar-refractivity contribution is 0.414. The molecule has 102 valence electrons. The molecular weight excluding hydrogens is 250 g/mol. The van der Waals surface area contributed by atoms with Crippen molar-refractivity contribution in [3.8, 4) is 5.75 Å². The Morgan fingerprint density at radius 2 is 1.83 bits per heavy atom. The van der Waals surface area contributed by atoms with Crippen molar-refractivity contribution < 1.29 is 13.2 Å². The summed E-state index contributed by atoms with van der Waals surface area (Å²) in [6.07, 6.45) is 1.69. The third-order valence-corrected chi connectivity index (χ3v) is 4.43. The van der Waals surface area contributed by atoms with Crippen molar-refractivity contribution in [1.82, 2.24) is 5.32 Å². The van der Waals surface area contributed by atoms with E-state index in [1.54, 1.807) is 31.4 Å². The number of ether oxygens (including phenoxy) is 1. The summed E-state index contributed by atoms with van der Waals surface area (Å²) in [7, 11) is -1.61. The number of benzene rings is 1. The van der Waals surface area contributed by atoms with Crippen molar-refractivity contribution in [2.24, 2.45) is 0 Å². The van der Waals surface area contributed by atoms with Gasteiger partial charge in [0.2, 0.25) is 0 Å². The minimum Gasteiger partial charge on any atom is -0.497 e. The first-order valence-electron chi connectivity index (χ1n) is 6.17. The van der Waals surface area contributed by atoms with Gasteiger partial charge in [0.25, 0.3) is 0 Å². The van der Waals surface area contributed by atoms with E-state index in [2.05, 4.69) is 12.2 Å². The number of nitrogens with one attached hydrogen (secondary N) is 1. The zero-order valence-electron chi connectivity index (χ0n) is 11.0. The Hall–Kier alpha value is -1.07. The van der Waals surface area contributed by atoms with Crippen LogP contribution in [-0.4, -0.2) is 34.4 Å². The number of hydrogen-bond acceptors (Lipinski definition) is 4. The van der Waals surface area contributed by atoms with Gasteiger partial charge in [-0.3, -0.25) is 0 Å². The van der Waals surface area contributed by atoms with Crippen LogP contribution in [0.1, 0.15) is 19.8 Å². The van der Waals surface area contributed by atoms with E-state index in [4.69, 9.17) is 4.74 Å². The van der Waals surface area contributed by atoms with E-state index in [1.807, 2.05) is 0 Å². The van der Waals surface area contributed by atoms with E-state index < -0.39 is 9.84 Å². The molecule has 4 nitrogen and oxygen atoms in total. The Labute approximate surface area is 109 Å². The maximum absolute atomic E-state index is 12.0. The number of sulfone groups is 1. The van der Waals surface area contributed by atoms with Gasteiger partial charge in [0.15, 0.2) is 9.84 Å². The van der Waals surface area contributed by atoms with Gasteiger partial charge in [0, 0.05) is 0 Å². The lowest BCUT2D eigenvalue weighted by Gasteiger charge is -2.06. The molecule has 1 N–H and O–H groups in total. The molecule has 5 heteroatoms. The molecule has 1 aromatic rings. The van der Waals surface area contributed by atoms with E-state index in [1.165, 1.54) is 0 Å². The molecule has 0 unspecified atom stereocenters. The summed E-state index contributed by atoms with van der Waals surface area (Å²) in [4.78, 5) is 0.360. The largest absolute Gasteiger partial charge is 0.497 e. The predicted molar refractivity (Wildman–Crippen MR) is 72.8 cm³/mol. The Morgan fingerprint density at radius 3 is 2.39 bits per heavy atom. The monoisotopic (exact) mass is 271 g/mol. The van der Waals surface area contributed by atoms with Gasteiger partial charge >= 0.3 is 0 Å². The van der Waals surface area contributed by atoms with Crippen LogP contribution < -0.4 is 10.1 Å². The average molecular weight is 271 g/mol. The summed E-state index contributed by atoms with van der Waals surface area (Å²) in [6.45, 7) is 3.76. The Bertz CT molecular complexity index is 440. The van der Waals surface area contributed by atoms with Crippen LogP contribution in [0.15, 0.2) is 29.2 Å². The van der Waals surface area contributed by atoms with Gasteiger partial charge in [0.1, 0.15) is 5.75 Å². The van der Waals surface area contributed by atoms with Crippen LogP contribution in [-0.2, 0) is 9.84 Å². The molecule has 0 aliphatic rings. The highest BCUT2D eigenvalue weighted by atomic mass is 32.2. The lowest BCUT2D eigenvalue weighted by atomic mass is 10.3. The zero-order valence-corrected chi connectivity index (χ0v) is 11.8. The quantitative estimate of drug-likeness (QED) is 0.733. The Morgan fingerprint density at radius 1 is 1.17 bits per heavy atom. The van der Waals surface area contributed by atoms with E-state index in [0.717, 1.165) is 19.5 Å². The normalized spacial score (nSPS) is 11.4. The fourth-order valence-corrected chi connectivity index (χ4v) is 2.90. The van der Waals surface area contributed by atoms with Crippen LogP contribution in [0.2, 0.25) is 0 Å². The smallest absolute Gasteiger partial charge is 0.178 e. The summed E-state index contributed by atoms with van der Waals surface area (Å²) >= 11 is 0. The van der Waals surface area contributed by atoms with Crippen molar-refractivity contribution in [2.45, 2.75) is 24.7 Å². The zero-order chi connectivity index (χ0) is 13.4. The van der Waals surface area contributed by atoms with Gasteiger partial charge in [-0.15, -0.1) is 0 Å². The average Bonchev–Trinajstić information content (AvgIpc) is 2.38. The summed E-state index contributed by atoms with van der Waals surface area (Å²) < 4.78 is 29.0. The molecular formula is C13H21NO3S. The third kappa shape index (κ3) is 4.66. The molecule has 0 spiro atoms. The Balaban J connectivity index is 2.51. The fourth-order valence-electron chi connectivity index (χ4n) is 1.59. The lowest BCUT2D eigenvalue weighted by Crippen LogP contribution is -2.19. The SMILES string of the molecule is CCCNCCCS(=O)(=O)c1ccc(OC)cc1. The first-order valence-corrected chi connectivity index (χ1v) is 7.83. The molecule has 0 atom stereocenters. The highest BCUT2D eigenvalue weighted by Gasteiger charge is 2.13.